The number of amides is 2. The molecule has 2 aliphatic rings. The first-order valence-corrected chi connectivity index (χ1v) is 11.1. The molecule has 0 radical (unpaired) electrons. The van der Waals surface area contributed by atoms with Crippen molar-refractivity contribution in [3.8, 4) is 0 Å². The molecule has 1 N–H and O–H groups in total. The number of aromatic nitrogens is 1. The molecule has 0 spiro atoms. The minimum Gasteiger partial charge on any atom is -0.379 e. The number of rotatable bonds is 9. The molecule has 0 bridgehead atoms. The molecule has 1 saturated heterocycles. The second-order valence-electron chi connectivity index (χ2n) is 8.09. The number of nitrogens with zero attached hydrogens (tertiary/aromatic N) is 3. The van der Waals surface area contributed by atoms with Crippen LogP contribution in [-0.4, -0.2) is 78.1 Å². The third-order valence-electron chi connectivity index (χ3n) is 6.16. The lowest BCUT2D eigenvalue weighted by atomic mass is 9.78. The molecule has 1 aromatic heterocycles. The highest BCUT2D eigenvalue weighted by atomic mass is 16.5. The van der Waals surface area contributed by atoms with Crippen LogP contribution in [0, 0.1) is 0 Å². The van der Waals surface area contributed by atoms with E-state index in [1.807, 2.05) is 4.90 Å². The average molecular weight is 415 g/mol. The highest BCUT2D eigenvalue weighted by Crippen LogP contribution is 2.35. The van der Waals surface area contributed by atoms with Crippen LogP contribution in [0.15, 0.2) is 37.2 Å². The Morgan fingerprint density at radius 1 is 1.20 bits per heavy atom. The lowest BCUT2D eigenvalue weighted by Gasteiger charge is -2.45. The van der Waals surface area contributed by atoms with E-state index in [1.165, 1.54) is 0 Å². The highest BCUT2D eigenvalue weighted by molar-refractivity contribution is 5.99. The van der Waals surface area contributed by atoms with Crippen LogP contribution in [0.4, 0.5) is 0 Å². The first-order valence-electron chi connectivity index (χ1n) is 11.1. The molecule has 0 unspecified atom stereocenters. The number of nitrogens with one attached hydrogen (secondary N) is 1. The topological polar surface area (TPSA) is 74.8 Å². The summed E-state index contributed by atoms with van der Waals surface area (Å²) in [6, 6.07) is 3.46. The molecule has 1 aliphatic heterocycles. The smallest absolute Gasteiger partial charge is 0.254 e. The average Bonchev–Trinajstić information content (AvgIpc) is 2.81. The van der Waals surface area contributed by atoms with Gasteiger partial charge in [-0.1, -0.05) is 25.3 Å². The molecule has 30 heavy (non-hydrogen) atoms. The van der Waals surface area contributed by atoms with Gasteiger partial charge in [-0.25, -0.2) is 0 Å². The zero-order chi connectivity index (χ0) is 21.2. The van der Waals surface area contributed by atoms with Crippen molar-refractivity contribution in [2.24, 2.45) is 0 Å². The van der Waals surface area contributed by atoms with Crippen molar-refractivity contribution in [1.29, 1.82) is 0 Å². The molecule has 2 heterocycles. The number of ether oxygens (including phenoxy) is 1. The summed E-state index contributed by atoms with van der Waals surface area (Å²) in [5.41, 5.74) is -0.218. The maximum atomic E-state index is 13.6. The van der Waals surface area contributed by atoms with E-state index in [4.69, 9.17) is 4.74 Å². The van der Waals surface area contributed by atoms with Crippen molar-refractivity contribution in [2.45, 2.75) is 44.1 Å². The van der Waals surface area contributed by atoms with Gasteiger partial charge in [0, 0.05) is 50.7 Å². The number of hydrogen-bond acceptors (Lipinski definition) is 5. The maximum absolute atomic E-state index is 13.6. The van der Waals surface area contributed by atoms with Gasteiger partial charge < -0.3 is 15.0 Å². The monoisotopic (exact) mass is 414 g/mol. The van der Waals surface area contributed by atoms with Gasteiger partial charge in [-0.3, -0.25) is 19.5 Å². The van der Waals surface area contributed by atoms with E-state index in [0.717, 1.165) is 58.5 Å². The van der Waals surface area contributed by atoms with Gasteiger partial charge in [0.25, 0.3) is 5.91 Å². The summed E-state index contributed by atoms with van der Waals surface area (Å²) in [7, 11) is 0. The number of carbonyl (C=O) groups is 2. The second kappa shape index (κ2) is 11.2. The lowest BCUT2D eigenvalue weighted by Crippen LogP contribution is -2.62. The molecule has 3 rings (SSSR count). The Hall–Kier alpha value is -2.25. The molecular formula is C23H34N4O3. The van der Waals surface area contributed by atoms with Crippen LogP contribution >= 0.6 is 0 Å². The van der Waals surface area contributed by atoms with E-state index < -0.39 is 5.54 Å². The van der Waals surface area contributed by atoms with Crippen molar-refractivity contribution in [2.75, 3.05) is 45.9 Å². The predicted octanol–water partition coefficient (Wildman–Crippen LogP) is 2.25. The zero-order valence-electron chi connectivity index (χ0n) is 17.9. The zero-order valence-corrected chi connectivity index (χ0v) is 17.9. The first-order chi connectivity index (χ1) is 14.7. The highest BCUT2D eigenvalue weighted by Gasteiger charge is 2.46. The molecule has 0 aromatic carbocycles. The first kappa shape index (κ1) is 22.4. The summed E-state index contributed by atoms with van der Waals surface area (Å²) in [6.45, 7) is 8.93. The van der Waals surface area contributed by atoms with Gasteiger partial charge in [-0.05, 0) is 31.4 Å². The third kappa shape index (κ3) is 5.46. The Kier molecular flexibility index (Phi) is 8.39. The summed E-state index contributed by atoms with van der Waals surface area (Å²) in [5, 5.41) is 2.98. The van der Waals surface area contributed by atoms with Crippen LogP contribution in [0.1, 0.15) is 48.9 Å². The summed E-state index contributed by atoms with van der Waals surface area (Å²) < 4.78 is 5.43. The van der Waals surface area contributed by atoms with Crippen molar-refractivity contribution in [3.05, 3.63) is 42.7 Å². The lowest BCUT2D eigenvalue weighted by molar-refractivity contribution is -0.134. The van der Waals surface area contributed by atoms with Gasteiger partial charge in [-0.2, -0.15) is 0 Å². The van der Waals surface area contributed by atoms with Crippen molar-refractivity contribution < 1.29 is 14.3 Å². The minimum atomic E-state index is -0.799. The standard InChI is InChI=1S/C23H34N4O3/c1-2-11-25-22(29)23(9-4-3-5-10-23)27(21(28)20-7-12-24-13-8-20)15-6-14-26-16-18-30-19-17-26/h2,7-8,12-13H,1,3-6,9-11,14-19H2,(H,25,29). The fourth-order valence-electron chi connectivity index (χ4n) is 4.52. The normalized spacial score (nSPS) is 19.1. The quantitative estimate of drug-likeness (QED) is 0.628. The molecule has 1 saturated carbocycles. The van der Waals surface area contributed by atoms with Crippen LogP contribution in [0.2, 0.25) is 0 Å². The molecule has 0 atom stereocenters. The molecular weight excluding hydrogens is 380 g/mol. The Morgan fingerprint density at radius 3 is 2.57 bits per heavy atom. The third-order valence-corrected chi connectivity index (χ3v) is 6.16. The predicted molar refractivity (Wildman–Crippen MR) is 116 cm³/mol. The number of carbonyl (C=O) groups excluding carboxylic acids is 2. The van der Waals surface area contributed by atoms with Crippen molar-refractivity contribution in [1.82, 2.24) is 20.1 Å². The van der Waals surface area contributed by atoms with E-state index >= 15 is 0 Å². The molecule has 7 nitrogen and oxygen atoms in total. The van der Waals surface area contributed by atoms with Gasteiger partial charge in [0.2, 0.25) is 5.91 Å². The molecule has 2 fully saturated rings. The van der Waals surface area contributed by atoms with E-state index in [1.54, 1.807) is 30.6 Å². The van der Waals surface area contributed by atoms with Gasteiger partial charge in [0.15, 0.2) is 0 Å². The van der Waals surface area contributed by atoms with Crippen molar-refractivity contribution >= 4 is 11.8 Å². The largest absolute Gasteiger partial charge is 0.379 e. The second-order valence-corrected chi connectivity index (χ2v) is 8.09. The van der Waals surface area contributed by atoms with Gasteiger partial charge in [0.1, 0.15) is 5.54 Å². The minimum absolute atomic E-state index is 0.0594. The summed E-state index contributed by atoms with van der Waals surface area (Å²) in [6.07, 6.45) is 10.2. The molecule has 1 aromatic rings. The number of pyridine rings is 1. The van der Waals surface area contributed by atoms with Crippen LogP contribution in [-0.2, 0) is 9.53 Å². The molecule has 164 valence electrons. The van der Waals surface area contributed by atoms with Crippen LogP contribution in [0.3, 0.4) is 0 Å². The Balaban J connectivity index is 1.81. The van der Waals surface area contributed by atoms with E-state index in [0.29, 0.717) is 31.5 Å². The number of morpholine rings is 1. The van der Waals surface area contributed by atoms with Crippen LogP contribution in [0.5, 0.6) is 0 Å². The van der Waals surface area contributed by atoms with Crippen molar-refractivity contribution in [3.63, 3.8) is 0 Å². The van der Waals surface area contributed by atoms with Gasteiger partial charge in [0.05, 0.1) is 13.2 Å². The molecule has 2 amide bonds. The van der Waals surface area contributed by atoms with Crippen LogP contribution in [0.25, 0.3) is 0 Å². The van der Waals surface area contributed by atoms with E-state index in [-0.39, 0.29) is 11.8 Å². The maximum Gasteiger partial charge on any atom is 0.254 e. The summed E-state index contributed by atoms with van der Waals surface area (Å²) in [4.78, 5) is 35.2. The Morgan fingerprint density at radius 2 is 1.90 bits per heavy atom. The van der Waals surface area contributed by atoms with E-state index in [2.05, 4.69) is 21.8 Å². The van der Waals surface area contributed by atoms with E-state index in [9.17, 15) is 9.59 Å². The fraction of sp³-hybridized carbons (Fsp3) is 0.609. The Bertz CT molecular complexity index is 698. The SMILES string of the molecule is C=CCNC(=O)C1(N(CCCN2CCOCC2)C(=O)c2ccncc2)CCCCC1. The van der Waals surface area contributed by atoms with Gasteiger partial charge in [-0.15, -0.1) is 6.58 Å². The van der Waals surface area contributed by atoms with Gasteiger partial charge >= 0.3 is 0 Å². The van der Waals surface area contributed by atoms with Crippen LogP contribution < -0.4 is 5.32 Å². The molecule has 7 heteroatoms. The Labute approximate surface area is 179 Å². The fourth-order valence-corrected chi connectivity index (χ4v) is 4.52. The number of hydrogen-bond donors (Lipinski definition) is 1. The summed E-state index contributed by atoms with van der Waals surface area (Å²) >= 11 is 0. The molecule has 1 aliphatic carbocycles. The summed E-state index contributed by atoms with van der Waals surface area (Å²) in [5.74, 6) is -0.147.